The van der Waals surface area contributed by atoms with E-state index in [9.17, 15) is 0 Å². The van der Waals surface area contributed by atoms with Gasteiger partial charge in [0.05, 0.1) is 10.7 Å². The lowest BCUT2D eigenvalue weighted by Gasteiger charge is -2.11. The molecule has 0 aliphatic rings. The molecule has 0 fully saturated rings. The molecule has 2 nitrogen and oxygen atoms in total. The molecule has 21 heavy (non-hydrogen) atoms. The van der Waals surface area contributed by atoms with Gasteiger partial charge in [-0.15, -0.1) is 11.3 Å². The van der Waals surface area contributed by atoms with Gasteiger partial charge in [0, 0.05) is 17.8 Å². The average Bonchev–Trinajstić information content (AvgIpc) is 2.95. The van der Waals surface area contributed by atoms with Crippen LogP contribution in [0.2, 0.25) is 0 Å². The number of rotatable bonds is 4. The van der Waals surface area contributed by atoms with Crippen molar-refractivity contribution in [3.63, 3.8) is 0 Å². The SMILES string of the molecule is CC(C)c1csc(CC(N)c2ccc3ccccc3c2)n1. The van der Waals surface area contributed by atoms with Crippen molar-refractivity contribution in [2.75, 3.05) is 0 Å². The number of aromatic nitrogens is 1. The Kier molecular flexibility index (Phi) is 4.04. The predicted molar refractivity (Wildman–Crippen MR) is 90.8 cm³/mol. The molecule has 108 valence electrons. The van der Waals surface area contributed by atoms with E-state index >= 15 is 0 Å². The first-order valence-corrected chi connectivity index (χ1v) is 8.20. The molecule has 1 aromatic heterocycles. The molecule has 0 bridgehead atoms. The van der Waals surface area contributed by atoms with Crippen molar-refractivity contribution in [3.05, 3.63) is 64.1 Å². The van der Waals surface area contributed by atoms with Crippen LogP contribution in [-0.4, -0.2) is 4.98 Å². The van der Waals surface area contributed by atoms with Gasteiger partial charge in [-0.1, -0.05) is 50.2 Å². The predicted octanol–water partition coefficient (Wildman–Crippen LogP) is 4.66. The van der Waals surface area contributed by atoms with Crippen LogP contribution in [0.15, 0.2) is 47.8 Å². The van der Waals surface area contributed by atoms with Crippen LogP contribution < -0.4 is 5.73 Å². The average molecular weight is 296 g/mol. The van der Waals surface area contributed by atoms with Crippen LogP contribution >= 0.6 is 11.3 Å². The first-order chi connectivity index (χ1) is 10.1. The molecular formula is C18H20N2S. The topological polar surface area (TPSA) is 38.9 Å². The summed E-state index contributed by atoms with van der Waals surface area (Å²) < 4.78 is 0. The van der Waals surface area contributed by atoms with Gasteiger partial charge in [-0.25, -0.2) is 4.98 Å². The number of nitrogens with two attached hydrogens (primary N) is 1. The molecule has 0 saturated heterocycles. The maximum atomic E-state index is 6.37. The maximum Gasteiger partial charge on any atom is 0.0947 e. The molecule has 0 radical (unpaired) electrons. The summed E-state index contributed by atoms with van der Waals surface area (Å²) in [7, 11) is 0. The largest absolute Gasteiger partial charge is 0.324 e. The van der Waals surface area contributed by atoms with Crippen molar-refractivity contribution in [3.8, 4) is 0 Å². The Labute approximate surface area is 129 Å². The van der Waals surface area contributed by atoms with Gasteiger partial charge in [-0.05, 0) is 28.3 Å². The number of hydrogen-bond donors (Lipinski definition) is 1. The van der Waals surface area contributed by atoms with Crippen LogP contribution in [0.25, 0.3) is 10.8 Å². The molecule has 1 atom stereocenters. The second-order valence-electron chi connectivity index (χ2n) is 5.74. The lowest BCUT2D eigenvalue weighted by Crippen LogP contribution is -2.13. The Morgan fingerprint density at radius 3 is 2.57 bits per heavy atom. The van der Waals surface area contributed by atoms with Crippen molar-refractivity contribution < 1.29 is 0 Å². The molecule has 0 aliphatic heterocycles. The lowest BCUT2D eigenvalue weighted by atomic mass is 10.0. The van der Waals surface area contributed by atoms with Crippen molar-refractivity contribution >= 4 is 22.1 Å². The zero-order valence-electron chi connectivity index (χ0n) is 12.4. The normalized spacial score (nSPS) is 13.0. The molecule has 2 N–H and O–H groups in total. The number of nitrogens with zero attached hydrogens (tertiary/aromatic N) is 1. The van der Waals surface area contributed by atoms with Crippen LogP contribution in [0.4, 0.5) is 0 Å². The van der Waals surface area contributed by atoms with Gasteiger partial charge in [-0.3, -0.25) is 0 Å². The van der Waals surface area contributed by atoms with E-state index in [0.717, 1.165) is 11.4 Å². The molecule has 1 heterocycles. The maximum absolute atomic E-state index is 6.37. The van der Waals surface area contributed by atoms with Crippen molar-refractivity contribution in [2.24, 2.45) is 5.73 Å². The summed E-state index contributed by atoms with van der Waals surface area (Å²) in [5.41, 5.74) is 8.71. The van der Waals surface area contributed by atoms with Crippen LogP contribution in [0.5, 0.6) is 0 Å². The van der Waals surface area contributed by atoms with E-state index < -0.39 is 0 Å². The van der Waals surface area contributed by atoms with Crippen LogP contribution in [0.3, 0.4) is 0 Å². The van der Waals surface area contributed by atoms with Crippen LogP contribution in [0.1, 0.15) is 42.1 Å². The Hall–Kier alpha value is -1.71. The first kappa shape index (κ1) is 14.2. The minimum atomic E-state index is 0.000711. The third kappa shape index (κ3) is 3.14. The Balaban J connectivity index is 1.80. The minimum absolute atomic E-state index is 0.000711. The highest BCUT2D eigenvalue weighted by Crippen LogP contribution is 2.24. The first-order valence-electron chi connectivity index (χ1n) is 7.32. The third-order valence-corrected chi connectivity index (χ3v) is 4.65. The number of benzene rings is 2. The highest BCUT2D eigenvalue weighted by atomic mass is 32.1. The van der Waals surface area contributed by atoms with Gasteiger partial charge < -0.3 is 5.73 Å². The summed E-state index contributed by atoms with van der Waals surface area (Å²) in [4.78, 5) is 4.68. The zero-order valence-corrected chi connectivity index (χ0v) is 13.2. The van der Waals surface area contributed by atoms with E-state index in [0.29, 0.717) is 5.92 Å². The molecule has 1 unspecified atom stereocenters. The van der Waals surface area contributed by atoms with E-state index in [1.54, 1.807) is 11.3 Å². The molecule has 0 saturated carbocycles. The molecule has 2 aromatic carbocycles. The van der Waals surface area contributed by atoms with E-state index in [1.165, 1.54) is 22.0 Å². The lowest BCUT2D eigenvalue weighted by molar-refractivity contribution is 0.711. The van der Waals surface area contributed by atoms with Gasteiger partial charge in [0.1, 0.15) is 0 Å². The van der Waals surface area contributed by atoms with Gasteiger partial charge in [0.2, 0.25) is 0 Å². The van der Waals surface area contributed by atoms with Crippen molar-refractivity contribution in [1.29, 1.82) is 0 Å². The smallest absolute Gasteiger partial charge is 0.0947 e. The van der Waals surface area contributed by atoms with Crippen molar-refractivity contribution in [2.45, 2.75) is 32.2 Å². The molecular weight excluding hydrogens is 276 g/mol. The Morgan fingerprint density at radius 2 is 1.86 bits per heavy atom. The number of thiazole rings is 1. The summed E-state index contributed by atoms with van der Waals surface area (Å²) in [6, 6.07) is 14.8. The third-order valence-electron chi connectivity index (χ3n) is 3.76. The van der Waals surface area contributed by atoms with E-state index in [4.69, 9.17) is 5.73 Å². The second kappa shape index (κ2) is 5.96. The Morgan fingerprint density at radius 1 is 1.10 bits per heavy atom. The van der Waals surface area contributed by atoms with Gasteiger partial charge in [0.15, 0.2) is 0 Å². The molecule has 0 aliphatic carbocycles. The van der Waals surface area contributed by atoms with E-state index in [2.05, 4.69) is 66.7 Å². The van der Waals surface area contributed by atoms with Gasteiger partial charge in [-0.2, -0.15) is 0 Å². The molecule has 3 rings (SSSR count). The molecule has 3 aromatic rings. The minimum Gasteiger partial charge on any atom is -0.324 e. The second-order valence-corrected chi connectivity index (χ2v) is 6.68. The fourth-order valence-corrected chi connectivity index (χ4v) is 3.44. The fraction of sp³-hybridized carbons (Fsp3) is 0.278. The van der Waals surface area contributed by atoms with Crippen LogP contribution in [-0.2, 0) is 6.42 Å². The monoisotopic (exact) mass is 296 g/mol. The Bertz CT molecular complexity index is 746. The highest BCUT2D eigenvalue weighted by molar-refractivity contribution is 7.09. The summed E-state index contributed by atoms with van der Waals surface area (Å²) in [6.07, 6.45) is 0.801. The fourth-order valence-electron chi connectivity index (χ4n) is 2.43. The summed E-state index contributed by atoms with van der Waals surface area (Å²) >= 11 is 1.71. The van der Waals surface area contributed by atoms with Gasteiger partial charge in [0.25, 0.3) is 0 Å². The summed E-state index contributed by atoms with van der Waals surface area (Å²) in [6.45, 7) is 4.34. The molecule has 0 spiro atoms. The standard InChI is InChI=1S/C18H20N2S/c1-12(2)17-11-21-18(20-17)10-16(19)15-8-7-13-5-3-4-6-14(13)9-15/h3-9,11-12,16H,10,19H2,1-2H3. The van der Waals surface area contributed by atoms with Gasteiger partial charge >= 0.3 is 0 Å². The molecule has 0 amide bonds. The summed E-state index contributed by atoms with van der Waals surface area (Å²) in [5.74, 6) is 0.479. The summed E-state index contributed by atoms with van der Waals surface area (Å²) in [5, 5.41) is 5.77. The highest BCUT2D eigenvalue weighted by Gasteiger charge is 2.12. The zero-order chi connectivity index (χ0) is 14.8. The molecule has 3 heteroatoms. The van der Waals surface area contributed by atoms with Crippen molar-refractivity contribution in [1.82, 2.24) is 4.98 Å². The quantitative estimate of drug-likeness (QED) is 0.760. The number of hydrogen-bond acceptors (Lipinski definition) is 3. The van der Waals surface area contributed by atoms with E-state index in [-0.39, 0.29) is 6.04 Å². The van der Waals surface area contributed by atoms with E-state index in [1.807, 2.05) is 0 Å². The van der Waals surface area contributed by atoms with Crippen LogP contribution in [0, 0.1) is 0 Å². The number of fused-ring (bicyclic) bond motifs is 1.